The van der Waals surface area contributed by atoms with E-state index in [1.807, 2.05) is 0 Å². The van der Waals surface area contributed by atoms with Gasteiger partial charge in [-0.3, -0.25) is 0 Å². The Morgan fingerprint density at radius 2 is 1.26 bits per heavy atom. The van der Waals surface area contributed by atoms with Gasteiger partial charge in [0.25, 0.3) is 0 Å². The Hall–Kier alpha value is -2.82. The van der Waals surface area contributed by atoms with E-state index in [-0.39, 0.29) is 16.5 Å². The number of phenols is 5. The molecular weight excluding hydrogens is 248 g/mol. The Kier molecular flexibility index (Phi) is 2.13. The minimum atomic E-state index is -0.819. The molecule has 0 aliphatic heterocycles. The summed E-state index contributed by atoms with van der Waals surface area (Å²) in [6.45, 7) is 0. The highest BCUT2D eigenvalue weighted by Crippen LogP contribution is 2.51. The minimum Gasteiger partial charge on any atom is -0.507 e. The fourth-order valence-electron chi connectivity index (χ4n) is 2.27. The van der Waals surface area contributed by atoms with Gasteiger partial charge < -0.3 is 25.5 Å². The maximum atomic E-state index is 9.95. The van der Waals surface area contributed by atoms with Gasteiger partial charge in [-0.1, -0.05) is 18.2 Å². The average Bonchev–Trinajstić information content (AvgIpc) is 2.42. The first-order valence-electron chi connectivity index (χ1n) is 5.52. The quantitative estimate of drug-likeness (QED) is 0.242. The molecule has 3 rings (SSSR count). The highest BCUT2D eigenvalue weighted by molar-refractivity contribution is 6.16. The van der Waals surface area contributed by atoms with Crippen LogP contribution < -0.4 is 0 Å². The Balaban J connectivity index is 2.70. The van der Waals surface area contributed by atoms with Crippen LogP contribution in [0.15, 0.2) is 30.3 Å². The highest BCUT2D eigenvalue weighted by Gasteiger charge is 2.20. The first-order valence-corrected chi connectivity index (χ1v) is 5.52. The van der Waals surface area contributed by atoms with E-state index < -0.39 is 23.0 Å². The molecule has 0 fully saturated rings. The van der Waals surface area contributed by atoms with E-state index in [0.29, 0.717) is 10.8 Å². The normalized spacial score (nSPS) is 11.2. The van der Waals surface area contributed by atoms with Crippen molar-refractivity contribution in [2.24, 2.45) is 0 Å². The van der Waals surface area contributed by atoms with E-state index in [9.17, 15) is 25.5 Å². The third kappa shape index (κ3) is 1.35. The maximum absolute atomic E-state index is 9.95. The lowest BCUT2D eigenvalue weighted by Gasteiger charge is -2.12. The fraction of sp³-hybridized carbons (Fsp3) is 0. The zero-order valence-electron chi connectivity index (χ0n) is 9.62. The molecule has 3 aromatic carbocycles. The van der Waals surface area contributed by atoms with Gasteiger partial charge in [-0.15, -0.1) is 0 Å². The SMILES string of the molecule is Oc1c(O)c(O)c2c(ccc3cccc(O)c32)c1O. The van der Waals surface area contributed by atoms with Crippen molar-refractivity contribution in [3.05, 3.63) is 30.3 Å². The van der Waals surface area contributed by atoms with Crippen molar-refractivity contribution in [2.45, 2.75) is 0 Å². The topological polar surface area (TPSA) is 101 Å². The molecule has 0 atom stereocenters. The van der Waals surface area contributed by atoms with E-state index in [0.717, 1.165) is 0 Å². The zero-order valence-corrected chi connectivity index (χ0v) is 9.62. The van der Waals surface area contributed by atoms with E-state index >= 15 is 0 Å². The molecule has 5 nitrogen and oxygen atoms in total. The van der Waals surface area contributed by atoms with Crippen LogP contribution in [0.4, 0.5) is 0 Å². The van der Waals surface area contributed by atoms with Crippen molar-refractivity contribution in [3.63, 3.8) is 0 Å². The van der Waals surface area contributed by atoms with Gasteiger partial charge in [-0.05, 0) is 17.5 Å². The summed E-state index contributed by atoms with van der Waals surface area (Å²) in [5.41, 5.74) is 0. The summed E-state index contributed by atoms with van der Waals surface area (Å²) in [6.07, 6.45) is 0. The predicted octanol–water partition coefficient (Wildman–Crippen LogP) is 2.52. The summed E-state index contributed by atoms with van der Waals surface area (Å²) in [5, 5.41) is 49.9. The molecule has 0 bridgehead atoms. The van der Waals surface area contributed by atoms with Crippen molar-refractivity contribution in [2.75, 3.05) is 0 Å². The Morgan fingerprint density at radius 1 is 0.579 bits per heavy atom. The molecule has 5 heteroatoms. The van der Waals surface area contributed by atoms with E-state index in [4.69, 9.17) is 0 Å². The molecule has 0 saturated carbocycles. The van der Waals surface area contributed by atoms with Crippen LogP contribution in [-0.2, 0) is 0 Å². The lowest BCUT2D eigenvalue weighted by Crippen LogP contribution is -1.83. The van der Waals surface area contributed by atoms with Crippen molar-refractivity contribution >= 4 is 21.5 Å². The molecule has 19 heavy (non-hydrogen) atoms. The largest absolute Gasteiger partial charge is 0.507 e. The summed E-state index contributed by atoms with van der Waals surface area (Å²) < 4.78 is 0. The number of benzene rings is 3. The molecule has 0 radical (unpaired) electrons. The highest BCUT2D eigenvalue weighted by atomic mass is 16.3. The monoisotopic (exact) mass is 258 g/mol. The molecular formula is C14H10O5. The van der Waals surface area contributed by atoms with Gasteiger partial charge in [0, 0.05) is 16.2 Å². The van der Waals surface area contributed by atoms with Crippen molar-refractivity contribution < 1.29 is 25.5 Å². The maximum Gasteiger partial charge on any atom is 0.204 e. The molecule has 5 N–H and O–H groups in total. The number of hydrogen-bond acceptors (Lipinski definition) is 5. The van der Waals surface area contributed by atoms with Crippen LogP contribution in [0.5, 0.6) is 28.7 Å². The van der Waals surface area contributed by atoms with Gasteiger partial charge in [0.05, 0.1) is 0 Å². The number of hydrogen-bond donors (Lipinski definition) is 5. The van der Waals surface area contributed by atoms with E-state index in [1.54, 1.807) is 18.2 Å². The first-order chi connectivity index (χ1) is 9.02. The molecule has 0 aliphatic carbocycles. The molecule has 96 valence electrons. The van der Waals surface area contributed by atoms with Crippen LogP contribution in [0.3, 0.4) is 0 Å². The molecule has 3 aromatic rings. The molecule has 0 aliphatic rings. The van der Waals surface area contributed by atoms with Crippen molar-refractivity contribution in [3.8, 4) is 28.7 Å². The first kappa shape index (κ1) is 11.3. The molecule has 0 saturated heterocycles. The van der Waals surface area contributed by atoms with Crippen molar-refractivity contribution in [1.82, 2.24) is 0 Å². The minimum absolute atomic E-state index is 0.0865. The van der Waals surface area contributed by atoms with Crippen LogP contribution in [-0.4, -0.2) is 25.5 Å². The third-order valence-electron chi connectivity index (χ3n) is 3.19. The number of phenolic OH excluding ortho intramolecular Hbond substituents is 5. The number of fused-ring (bicyclic) bond motifs is 3. The second-order valence-corrected chi connectivity index (χ2v) is 4.26. The zero-order chi connectivity index (χ0) is 13.7. The van der Waals surface area contributed by atoms with Crippen LogP contribution in [0.2, 0.25) is 0 Å². The van der Waals surface area contributed by atoms with Crippen molar-refractivity contribution in [1.29, 1.82) is 0 Å². The summed E-state index contributed by atoms with van der Waals surface area (Å²) in [6, 6.07) is 7.91. The van der Waals surface area contributed by atoms with Gasteiger partial charge >= 0.3 is 0 Å². The van der Waals surface area contributed by atoms with Crippen LogP contribution in [0.1, 0.15) is 0 Å². The summed E-state index contributed by atoms with van der Waals surface area (Å²) in [5.74, 6) is -2.84. The standard InChI is InChI=1S/C14H10O5/c15-8-3-1-2-6-4-5-7-10(9(6)8)12(17)14(19)13(18)11(7)16/h1-5,15-19H. The second kappa shape index (κ2) is 3.58. The van der Waals surface area contributed by atoms with Crippen LogP contribution >= 0.6 is 0 Å². The average molecular weight is 258 g/mol. The third-order valence-corrected chi connectivity index (χ3v) is 3.19. The Bertz CT molecular complexity index is 823. The number of rotatable bonds is 0. The predicted molar refractivity (Wildman–Crippen MR) is 69.8 cm³/mol. The van der Waals surface area contributed by atoms with E-state index in [1.165, 1.54) is 12.1 Å². The van der Waals surface area contributed by atoms with Gasteiger partial charge in [0.1, 0.15) is 5.75 Å². The van der Waals surface area contributed by atoms with Gasteiger partial charge in [-0.25, -0.2) is 0 Å². The lowest BCUT2D eigenvalue weighted by atomic mass is 9.99. The van der Waals surface area contributed by atoms with Gasteiger partial charge in [0.15, 0.2) is 11.5 Å². The summed E-state index contributed by atoms with van der Waals surface area (Å²) in [4.78, 5) is 0. The molecule has 0 aromatic heterocycles. The van der Waals surface area contributed by atoms with Crippen LogP contribution in [0.25, 0.3) is 21.5 Å². The summed E-state index contributed by atoms with van der Waals surface area (Å²) in [7, 11) is 0. The Morgan fingerprint density at radius 3 is 2.00 bits per heavy atom. The molecule has 0 spiro atoms. The second-order valence-electron chi connectivity index (χ2n) is 4.26. The molecule has 0 amide bonds. The number of aromatic hydroxyl groups is 5. The van der Waals surface area contributed by atoms with Crippen LogP contribution in [0, 0.1) is 0 Å². The molecule has 0 heterocycles. The molecule has 0 unspecified atom stereocenters. The Labute approximate surface area is 107 Å². The lowest BCUT2D eigenvalue weighted by molar-refractivity contribution is 0.351. The van der Waals surface area contributed by atoms with E-state index in [2.05, 4.69) is 0 Å². The van der Waals surface area contributed by atoms with Gasteiger partial charge in [0.2, 0.25) is 11.5 Å². The van der Waals surface area contributed by atoms with Gasteiger partial charge in [-0.2, -0.15) is 0 Å². The smallest absolute Gasteiger partial charge is 0.204 e. The fourth-order valence-corrected chi connectivity index (χ4v) is 2.27. The summed E-state index contributed by atoms with van der Waals surface area (Å²) >= 11 is 0.